The number of benzene rings is 1. The van der Waals surface area contributed by atoms with Gasteiger partial charge in [0.25, 0.3) is 0 Å². The molecule has 0 saturated carbocycles. The number of fused-ring (bicyclic) bond motifs is 1. The van der Waals surface area contributed by atoms with Gasteiger partial charge in [-0.3, -0.25) is 4.79 Å². The van der Waals surface area contributed by atoms with Crippen LogP contribution in [0.5, 0.6) is 0 Å². The van der Waals surface area contributed by atoms with Gasteiger partial charge in [-0.25, -0.2) is 13.6 Å². The highest BCUT2D eigenvalue weighted by Crippen LogP contribution is 2.23. The molecule has 0 aliphatic heterocycles. The first-order chi connectivity index (χ1) is 8.82. The van der Waals surface area contributed by atoms with E-state index in [4.69, 9.17) is 4.42 Å². The summed E-state index contributed by atoms with van der Waals surface area (Å²) in [5.41, 5.74) is -1.65. The quantitative estimate of drug-likeness (QED) is 0.619. The van der Waals surface area contributed by atoms with Gasteiger partial charge >= 0.3 is 5.63 Å². The molecule has 5 heteroatoms. The number of halogens is 2. The van der Waals surface area contributed by atoms with Crippen molar-refractivity contribution in [1.82, 2.24) is 0 Å². The van der Waals surface area contributed by atoms with Crippen LogP contribution >= 0.6 is 0 Å². The fraction of sp³-hybridized carbons (Fsp3) is 0.286. The Kier molecular flexibility index (Phi) is 3.22. The van der Waals surface area contributed by atoms with Crippen molar-refractivity contribution in [3.8, 4) is 0 Å². The van der Waals surface area contributed by atoms with Crippen molar-refractivity contribution in [3.63, 3.8) is 0 Å². The van der Waals surface area contributed by atoms with Crippen LogP contribution < -0.4 is 5.63 Å². The lowest BCUT2D eigenvalue weighted by Gasteiger charge is -2.06. The van der Waals surface area contributed by atoms with Crippen LogP contribution in [0.3, 0.4) is 0 Å². The van der Waals surface area contributed by atoms with E-state index < -0.39 is 29.0 Å². The van der Waals surface area contributed by atoms with Gasteiger partial charge in [0.1, 0.15) is 11.4 Å². The molecule has 1 aromatic carbocycles. The summed E-state index contributed by atoms with van der Waals surface area (Å²) in [5, 5.41) is 0.0594. The van der Waals surface area contributed by atoms with E-state index in [2.05, 4.69) is 0 Å². The van der Waals surface area contributed by atoms with Crippen molar-refractivity contribution in [1.29, 1.82) is 0 Å². The van der Waals surface area contributed by atoms with Crippen molar-refractivity contribution in [3.05, 3.63) is 45.3 Å². The van der Waals surface area contributed by atoms with E-state index in [1.807, 2.05) is 0 Å². The first kappa shape index (κ1) is 13.4. The molecule has 2 rings (SSSR count). The van der Waals surface area contributed by atoms with Gasteiger partial charge in [0.05, 0.1) is 0 Å². The molecule has 0 amide bonds. The van der Waals surface area contributed by atoms with Gasteiger partial charge in [-0.15, -0.1) is 0 Å². The Labute approximate surface area is 107 Å². The zero-order valence-electron chi connectivity index (χ0n) is 10.7. The molecule has 0 atom stereocenters. The molecule has 0 aliphatic carbocycles. The van der Waals surface area contributed by atoms with Gasteiger partial charge in [-0.1, -0.05) is 13.8 Å². The Balaban J connectivity index is 2.81. The molecule has 0 fully saturated rings. The first-order valence-electron chi connectivity index (χ1n) is 5.79. The van der Waals surface area contributed by atoms with E-state index in [0.29, 0.717) is 0 Å². The molecule has 19 heavy (non-hydrogen) atoms. The van der Waals surface area contributed by atoms with Crippen LogP contribution in [0, 0.1) is 24.5 Å². The maximum atomic E-state index is 13.8. The lowest BCUT2D eigenvalue weighted by molar-refractivity contribution is 0.0935. The SMILES string of the molecule is Cc1c(F)cc2cc(C(=O)C(C)C)c(=O)oc2c1F. The number of hydrogen-bond donors (Lipinski definition) is 0. The minimum absolute atomic E-state index is 0.0594. The van der Waals surface area contributed by atoms with E-state index in [-0.39, 0.29) is 22.1 Å². The number of ketones is 1. The van der Waals surface area contributed by atoms with Gasteiger partial charge in [0.2, 0.25) is 0 Å². The van der Waals surface area contributed by atoms with E-state index in [1.165, 1.54) is 13.0 Å². The third-order valence-corrected chi connectivity index (χ3v) is 2.94. The minimum Gasteiger partial charge on any atom is -0.419 e. The molecule has 0 bridgehead atoms. The topological polar surface area (TPSA) is 47.3 Å². The van der Waals surface area contributed by atoms with Crippen LogP contribution in [0.4, 0.5) is 8.78 Å². The zero-order chi connectivity index (χ0) is 14.3. The summed E-state index contributed by atoms with van der Waals surface area (Å²) in [5.74, 6) is -2.49. The molecule has 1 aromatic heterocycles. The van der Waals surface area contributed by atoms with Crippen molar-refractivity contribution in [2.24, 2.45) is 5.92 Å². The van der Waals surface area contributed by atoms with E-state index in [9.17, 15) is 18.4 Å². The second kappa shape index (κ2) is 4.57. The summed E-state index contributed by atoms with van der Waals surface area (Å²) >= 11 is 0. The Morgan fingerprint density at radius 2 is 1.89 bits per heavy atom. The number of rotatable bonds is 2. The Hall–Kier alpha value is -2.04. The first-order valence-corrected chi connectivity index (χ1v) is 5.79. The normalized spacial score (nSPS) is 11.3. The van der Waals surface area contributed by atoms with Gasteiger partial charge in [0.15, 0.2) is 17.2 Å². The lowest BCUT2D eigenvalue weighted by atomic mass is 10.0. The van der Waals surface area contributed by atoms with Crippen LogP contribution in [-0.2, 0) is 0 Å². The molecule has 0 saturated heterocycles. The maximum absolute atomic E-state index is 13.8. The summed E-state index contributed by atoms with van der Waals surface area (Å²) in [7, 11) is 0. The second-order valence-corrected chi connectivity index (χ2v) is 4.68. The summed E-state index contributed by atoms with van der Waals surface area (Å²) in [4.78, 5) is 23.5. The molecule has 100 valence electrons. The van der Waals surface area contributed by atoms with E-state index in [0.717, 1.165) is 6.07 Å². The minimum atomic E-state index is -0.921. The summed E-state index contributed by atoms with van der Waals surface area (Å²) in [6.07, 6.45) is 0. The van der Waals surface area contributed by atoms with Crippen molar-refractivity contribution >= 4 is 16.8 Å². The van der Waals surface area contributed by atoms with Gasteiger partial charge in [-0.2, -0.15) is 0 Å². The number of hydrogen-bond acceptors (Lipinski definition) is 3. The van der Waals surface area contributed by atoms with Crippen LogP contribution in [0.25, 0.3) is 11.0 Å². The molecule has 1 heterocycles. The molecular formula is C14H12F2O3. The number of carbonyl (C=O) groups is 1. The monoisotopic (exact) mass is 266 g/mol. The smallest absolute Gasteiger partial charge is 0.347 e. The fourth-order valence-electron chi connectivity index (χ4n) is 1.77. The van der Waals surface area contributed by atoms with Gasteiger partial charge in [-0.05, 0) is 19.1 Å². The third-order valence-electron chi connectivity index (χ3n) is 2.94. The molecule has 0 unspecified atom stereocenters. The second-order valence-electron chi connectivity index (χ2n) is 4.68. The third kappa shape index (κ3) is 2.16. The summed E-state index contributed by atoms with van der Waals surface area (Å²) in [6, 6.07) is 2.23. The van der Waals surface area contributed by atoms with E-state index >= 15 is 0 Å². The van der Waals surface area contributed by atoms with Crippen molar-refractivity contribution < 1.29 is 18.0 Å². The highest BCUT2D eigenvalue weighted by molar-refractivity contribution is 5.99. The van der Waals surface area contributed by atoms with Crippen LogP contribution in [-0.4, -0.2) is 5.78 Å². The van der Waals surface area contributed by atoms with Crippen molar-refractivity contribution in [2.75, 3.05) is 0 Å². The molecular weight excluding hydrogens is 254 g/mol. The highest BCUT2D eigenvalue weighted by Gasteiger charge is 2.19. The Bertz CT molecular complexity index is 730. The van der Waals surface area contributed by atoms with E-state index in [1.54, 1.807) is 13.8 Å². The summed E-state index contributed by atoms with van der Waals surface area (Å²) in [6.45, 7) is 4.50. The highest BCUT2D eigenvalue weighted by atomic mass is 19.1. The molecule has 0 spiro atoms. The largest absolute Gasteiger partial charge is 0.419 e. The number of Topliss-reactive ketones (excluding diaryl/α,β-unsaturated/α-hetero) is 1. The molecule has 0 aliphatic rings. The number of carbonyl (C=O) groups excluding carboxylic acids is 1. The summed E-state index contributed by atoms with van der Waals surface area (Å²) < 4.78 is 32.0. The lowest BCUT2D eigenvalue weighted by Crippen LogP contribution is -2.18. The average molecular weight is 266 g/mol. The van der Waals surface area contributed by atoms with Crippen LogP contribution in [0.1, 0.15) is 29.8 Å². The predicted octanol–water partition coefficient (Wildman–Crippen LogP) is 3.22. The molecule has 0 N–H and O–H groups in total. The molecule has 3 nitrogen and oxygen atoms in total. The predicted molar refractivity (Wildman–Crippen MR) is 66.3 cm³/mol. The Morgan fingerprint density at radius 3 is 2.47 bits per heavy atom. The molecule has 2 aromatic rings. The standard InChI is InChI=1S/C14H12F2O3/c1-6(2)12(17)9-4-8-5-10(15)7(3)11(16)13(8)19-14(9)18/h4-6H,1-3H3. The fourth-order valence-corrected chi connectivity index (χ4v) is 1.77. The maximum Gasteiger partial charge on any atom is 0.347 e. The van der Waals surface area contributed by atoms with Crippen molar-refractivity contribution in [2.45, 2.75) is 20.8 Å². The van der Waals surface area contributed by atoms with Crippen LogP contribution in [0.15, 0.2) is 21.3 Å². The molecule has 0 radical (unpaired) electrons. The Morgan fingerprint density at radius 1 is 1.26 bits per heavy atom. The van der Waals surface area contributed by atoms with Gasteiger partial charge < -0.3 is 4.42 Å². The van der Waals surface area contributed by atoms with Gasteiger partial charge in [0, 0.05) is 16.9 Å². The average Bonchev–Trinajstić information content (AvgIpc) is 2.36. The zero-order valence-corrected chi connectivity index (χ0v) is 10.7. The van der Waals surface area contributed by atoms with Crippen LogP contribution in [0.2, 0.25) is 0 Å².